The minimum absolute atomic E-state index is 0.546. The predicted octanol–water partition coefficient (Wildman–Crippen LogP) is 3.76. The lowest BCUT2D eigenvalue weighted by Crippen LogP contribution is -2.21. The minimum atomic E-state index is 0.546. The van der Waals surface area contributed by atoms with Crippen molar-refractivity contribution in [3.63, 3.8) is 0 Å². The molecule has 1 N–H and O–H groups in total. The highest BCUT2D eigenvalue weighted by Gasteiger charge is 2.20. The fourth-order valence-electron chi connectivity index (χ4n) is 3.02. The van der Waals surface area contributed by atoms with Gasteiger partial charge in [0.05, 0.1) is 6.54 Å². The Morgan fingerprint density at radius 3 is 3.15 bits per heavy atom. The second kappa shape index (κ2) is 6.55. The van der Waals surface area contributed by atoms with Crippen molar-refractivity contribution in [2.24, 2.45) is 0 Å². The van der Waals surface area contributed by atoms with Crippen LogP contribution in [0.1, 0.15) is 54.8 Å². The SMILES string of the molecule is CCCNC1CCCCc2cn(Cc3nccs3)cc21. The average molecular weight is 289 g/mol. The first-order chi connectivity index (χ1) is 9.86. The summed E-state index contributed by atoms with van der Waals surface area (Å²) in [6.07, 6.45) is 12.9. The molecule has 2 aromatic heterocycles. The van der Waals surface area contributed by atoms with Gasteiger partial charge in [-0.25, -0.2) is 4.98 Å². The molecular formula is C16H23N3S. The van der Waals surface area contributed by atoms with Gasteiger partial charge in [-0.2, -0.15) is 0 Å². The molecule has 3 rings (SSSR count). The van der Waals surface area contributed by atoms with Crippen LogP contribution < -0.4 is 5.32 Å². The van der Waals surface area contributed by atoms with Crippen LogP contribution in [0.4, 0.5) is 0 Å². The first-order valence-corrected chi connectivity index (χ1v) is 8.55. The van der Waals surface area contributed by atoms with Gasteiger partial charge in [-0.15, -0.1) is 11.3 Å². The molecule has 0 aromatic carbocycles. The molecule has 4 heteroatoms. The van der Waals surface area contributed by atoms with Crippen LogP contribution in [0, 0.1) is 0 Å². The van der Waals surface area contributed by atoms with E-state index in [2.05, 4.69) is 39.6 Å². The van der Waals surface area contributed by atoms with E-state index in [1.54, 1.807) is 11.3 Å². The van der Waals surface area contributed by atoms with E-state index >= 15 is 0 Å². The van der Waals surface area contributed by atoms with Crippen LogP contribution in [0.2, 0.25) is 0 Å². The second-order valence-electron chi connectivity index (χ2n) is 5.59. The Morgan fingerprint density at radius 2 is 2.35 bits per heavy atom. The summed E-state index contributed by atoms with van der Waals surface area (Å²) in [6.45, 7) is 4.26. The van der Waals surface area contributed by atoms with E-state index in [9.17, 15) is 0 Å². The molecule has 3 nitrogen and oxygen atoms in total. The van der Waals surface area contributed by atoms with Crippen LogP contribution >= 0.6 is 11.3 Å². The van der Waals surface area contributed by atoms with Crippen molar-refractivity contribution in [2.45, 2.75) is 51.6 Å². The molecule has 1 aliphatic rings. The van der Waals surface area contributed by atoms with Crippen molar-refractivity contribution in [3.8, 4) is 0 Å². The van der Waals surface area contributed by atoms with E-state index in [1.165, 1.54) is 48.2 Å². The normalized spacial score (nSPS) is 18.8. The van der Waals surface area contributed by atoms with E-state index in [1.807, 2.05) is 6.20 Å². The molecule has 0 saturated heterocycles. The highest BCUT2D eigenvalue weighted by molar-refractivity contribution is 7.09. The van der Waals surface area contributed by atoms with E-state index in [-0.39, 0.29) is 0 Å². The van der Waals surface area contributed by atoms with Gasteiger partial charge in [0.2, 0.25) is 0 Å². The van der Waals surface area contributed by atoms with Crippen molar-refractivity contribution in [1.29, 1.82) is 0 Å². The van der Waals surface area contributed by atoms with Gasteiger partial charge in [0.15, 0.2) is 0 Å². The number of nitrogens with one attached hydrogen (secondary N) is 1. The van der Waals surface area contributed by atoms with Crippen LogP contribution in [-0.4, -0.2) is 16.1 Å². The van der Waals surface area contributed by atoms with Crippen molar-refractivity contribution >= 4 is 11.3 Å². The van der Waals surface area contributed by atoms with E-state index < -0.39 is 0 Å². The molecule has 2 heterocycles. The van der Waals surface area contributed by atoms with Gasteiger partial charge in [0, 0.05) is 30.0 Å². The van der Waals surface area contributed by atoms with Crippen LogP contribution in [0.3, 0.4) is 0 Å². The molecule has 0 aliphatic heterocycles. The van der Waals surface area contributed by atoms with Gasteiger partial charge in [-0.1, -0.05) is 13.3 Å². The summed E-state index contributed by atoms with van der Waals surface area (Å²) in [7, 11) is 0. The average Bonchev–Trinajstić information content (AvgIpc) is 3.05. The predicted molar refractivity (Wildman–Crippen MR) is 84.2 cm³/mol. The van der Waals surface area contributed by atoms with Crippen molar-refractivity contribution in [1.82, 2.24) is 14.9 Å². The quantitative estimate of drug-likeness (QED) is 0.849. The topological polar surface area (TPSA) is 29.9 Å². The lowest BCUT2D eigenvalue weighted by molar-refractivity contribution is 0.488. The fraction of sp³-hybridized carbons (Fsp3) is 0.562. The molecule has 0 fully saturated rings. The van der Waals surface area contributed by atoms with Gasteiger partial charge >= 0.3 is 0 Å². The number of nitrogens with zero attached hydrogens (tertiary/aromatic N) is 2. The van der Waals surface area contributed by atoms with Crippen LogP contribution in [-0.2, 0) is 13.0 Å². The Bertz CT molecular complexity index is 530. The number of hydrogen-bond acceptors (Lipinski definition) is 3. The van der Waals surface area contributed by atoms with E-state index in [4.69, 9.17) is 0 Å². The first kappa shape index (κ1) is 13.8. The number of fused-ring (bicyclic) bond motifs is 1. The summed E-state index contributed by atoms with van der Waals surface area (Å²) in [5.41, 5.74) is 3.06. The minimum Gasteiger partial charge on any atom is -0.347 e. The van der Waals surface area contributed by atoms with E-state index in [0.29, 0.717) is 6.04 Å². The third-order valence-corrected chi connectivity index (χ3v) is 4.77. The third-order valence-electron chi connectivity index (χ3n) is 4.00. The summed E-state index contributed by atoms with van der Waals surface area (Å²) in [4.78, 5) is 4.39. The van der Waals surface area contributed by atoms with Crippen molar-refractivity contribution in [2.75, 3.05) is 6.54 Å². The summed E-state index contributed by atoms with van der Waals surface area (Å²) < 4.78 is 2.31. The van der Waals surface area contributed by atoms with Crippen LogP contribution in [0.25, 0.3) is 0 Å². The monoisotopic (exact) mass is 289 g/mol. The largest absolute Gasteiger partial charge is 0.347 e. The molecule has 0 bridgehead atoms. The Morgan fingerprint density at radius 1 is 1.40 bits per heavy atom. The van der Waals surface area contributed by atoms with Crippen molar-refractivity contribution < 1.29 is 0 Å². The molecule has 108 valence electrons. The zero-order valence-corrected chi connectivity index (χ0v) is 13.0. The molecule has 1 unspecified atom stereocenters. The maximum Gasteiger partial charge on any atom is 0.112 e. The lowest BCUT2D eigenvalue weighted by atomic mass is 10.0. The van der Waals surface area contributed by atoms with Gasteiger partial charge in [-0.3, -0.25) is 0 Å². The summed E-state index contributed by atoms with van der Waals surface area (Å²) in [5, 5.41) is 6.95. The summed E-state index contributed by atoms with van der Waals surface area (Å²) in [5.74, 6) is 0. The fourth-order valence-corrected chi connectivity index (χ4v) is 3.65. The molecule has 20 heavy (non-hydrogen) atoms. The number of aryl methyl sites for hydroxylation is 1. The lowest BCUT2D eigenvalue weighted by Gasteiger charge is -2.16. The molecule has 0 amide bonds. The summed E-state index contributed by atoms with van der Waals surface area (Å²) >= 11 is 1.73. The van der Waals surface area contributed by atoms with Crippen LogP contribution in [0.5, 0.6) is 0 Å². The van der Waals surface area contributed by atoms with Crippen molar-refractivity contribution in [3.05, 3.63) is 40.1 Å². The highest BCUT2D eigenvalue weighted by atomic mass is 32.1. The van der Waals surface area contributed by atoms with E-state index in [0.717, 1.165) is 13.1 Å². The highest BCUT2D eigenvalue weighted by Crippen LogP contribution is 2.29. The Hall–Kier alpha value is -1.13. The molecule has 2 aromatic rings. The van der Waals surface area contributed by atoms with Gasteiger partial charge in [-0.05, 0) is 43.4 Å². The Balaban J connectivity index is 1.79. The first-order valence-electron chi connectivity index (χ1n) is 7.67. The Labute approximate surface area is 125 Å². The van der Waals surface area contributed by atoms with Gasteiger partial charge < -0.3 is 9.88 Å². The number of aromatic nitrogens is 2. The molecule has 0 spiro atoms. The molecule has 0 saturated carbocycles. The maximum atomic E-state index is 4.39. The number of thiazole rings is 1. The maximum absolute atomic E-state index is 4.39. The molecular weight excluding hydrogens is 266 g/mol. The zero-order chi connectivity index (χ0) is 13.8. The van der Waals surface area contributed by atoms with Crippen LogP contribution in [0.15, 0.2) is 24.0 Å². The Kier molecular flexibility index (Phi) is 4.53. The summed E-state index contributed by atoms with van der Waals surface area (Å²) in [6, 6.07) is 0.546. The number of hydrogen-bond donors (Lipinski definition) is 1. The molecule has 1 atom stereocenters. The van der Waals surface area contributed by atoms with Gasteiger partial charge in [0.25, 0.3) is 0 Å². The standard InChI is InChI=1S/C16H23N3S/c1-2-7-17-15-6-4-3-5-13-10-19(11-14(13)15)12-16-18-8-9-20-16/h8-11,15,17H,2-7,12H2,1H3. The smallest absolute Gasteiger partial charge is 0.112 e. The third kappa shape index (κ3) is 3.13. The second-order valence-corrected chi connectivity index (χ2v) is 6.57. The molecule has 1 aliphatic carbocycles. The zero-order valence-electron chi connectivity index (χ0n) is 12.1. The van der Waals surface area contributed by atoms with Gasteiger partial charge in [0.1, 0.15) is 5.01 Å². The molecule has 0 radical (unpaired) electrons. The number of rotatable bonds is 5.